The molecular formula is C16H24BrClN4O2. The summed E-state index contributed by atoms with van der Waals surface area (Å²) in [5.74, 6) is 0.0593. The first-order chi connectivity index (χ1) is 11.1. The van der Waals surface area contributed by atoms with Gasteiger partial charge in [0.15, 0.2) is 0 Å². The third kappa shape index (κ3) is 6.30. The number of benzene rings is 1. The van der Waals surface area contributed by atoms with E-state index in [9.17, 15) is 9.59 Å². The molecule has 1 aliphatic heterocycles. The van der Waals surface area contributed by atoms with Crippen LogP contribution in [-0.2, 0) is 4.79 Å². The third-order valence-electron chi connectivity index (χ3n) is 3.95. The quantitative estimate of drug-likeness (QED) is 0.686. The maximum Gasteiger partial charge on any atom is 0.319 e. The van der Waals surface area contributed by atoms with Gasteiger partial charge in [0.25, 0.3) is 0 Å². The summed E-state index contributed by atoms with van der Waals surface area (Å²) >= 11 is 3.34. The van der Waals surface area contributed by atoms with E-state index >= 15 is 0 Å². The summed E-state index contributed by atoms with van der Waals surface area (Å²) < 4.78 is 0.949. The van der Waals surface area contributed by atoms with Crippen molar-refractivity contribution >= 4 is 46.0 Å². The summed E-state index contributed by atoms with van der Waals surface area (Å²) in [7, 11) is 0. The van der Waals surface area contributed by atoms with Gasteiger partial charge in [-0.15, -0.1) is 12.4 Å². The van der Waals surface area contributed by atoms with Gasteiger partial charge >= 0.3 is 6.03 Å². The fourth-order valence-corrected chi connectivity index (χ4v) is 2.97. The second kappa shape index (κ2) is 10.5. The molecule has 0 aliphatic carbocycles. The molecule has 1 atom stereocenters. The largest absolute Gasteiger partial charge is 0.338 e. The molecule has 134 valence electrons. The number of likely N-dealkylation sites (tertiary alicyclic amines) is 1. The highest BCUT2D eigenvalue weighted by Crippen LogP contribution is 2.17. The fraction of sp³-hybridized carbons (Fsp3) is 0.500. The number of rotatable bonds is 5. The molecule has 1 unspecified atom stereocenters. The van der Waals surface area contributed by atoms with E-state index in [0.717, 1.165) is 30.3 Å². The molecule has 4 N–H and O–H groups in total. The van der Waals surface area contributed by atoms with E-state index in [4.69, 9.17) is 5.73 Å². The molecule has 0 aromatic heterocycles. The van der Waals surface area contributed by atoms with Crippen LogP contribution < -0.4 is 16.4 Å². The van der Waals surface area contributed by atoms with E-state index < -0.39 is 0 Å². The molecule has 0 spiro atoms. The molecule has 3 amide bonds. The van der Waals surface area contributed by atoms with Crippen LogP contribution in [0.2, 0.25) is 0 Å². The van der Waals surface area contributed by atoms with Crippen LogP contribution in [0.4, 0.5) is 10.5 Å². The maximum atomic E-state index is 12.2. The van der Waals surface area contributed by atoms with Crippen LogP contribution in [0.5, 0.6) is 0 Å². The molecular weight excluding hydrogens is 396 g/mol. The number of carbonyl (C=O) groups is 2. The molecule has 0 bridgehead atoms. The SMILES string of the molecule is Cl.NCC1CCCCN1C(=O)CCNC(=O)Nc1ccc(Br)cc1. The highest BCUT2D eigenvalue weighted by atomic mass is 79.9. The zero-order valence-electron chi connectivity index (χ0n) is 13.5. The number of nitrogens with one attached hydrogen (secondary N) is 2. The van der Waals surface area contributed by atoms with Gasteiger partial charge in [-0.05, 0) is 43.5 Å². The van der Waals surface area contributed by atoms with Crippen molar-refractivity contribution in [1.29, 1.82) is 0 Å². The molecule has 1 aromatic rings. The topological polar surface area (TPSA) is 87.5 Å². The lowest BCUT2D eigenvalue weighted by atomic mass is 10.0. The number of hydrogen-bond acceptors (Lipinski definition) is 3. The molecule has 6 nitrogen and oxygen atoms in total. The smallest absolute Gasteiger partial charge is 0.319 e. The maximum absolute atomic E-state index is 12.2. The molecule has 24 heavy (non-hydrogen) atoms. The zero-order valence-corrected chi connectivity index (χ0v) is 15.9. The molecule has 1 heterocycles. The van der Waals surface area contributed by atoms with E-state index in [1.54, 1.807) is 12.1 Å². The van der Waals surface area contributed by atoms with Gasteiger partial charge in [-0.2, -0.15) is 0 Å². The molecule has 1 aliphatic rings. The van der Waals surface area contributed by atoms with Crippen molar-refractivity contribution in [3.05, 3.63) is 28.7 Å². The lowest BCUT2D eigenvalue weighted by molar-refractivity contribution is -0.134. The van der Waals surface area contributed by atoms with E-state index in [2.05, 4.69) is 26.6 Å². The van der Waals surface area contributed by atoms with Crippen molar-refractivity contribution in [3.63, 3.8) is 0 Å². The molecule has 1 aromatic carbocycles. The number of hydrogen-bond donors (Lipinski definition) is 3. The molecule has 8 heteroatoms. The Labute approximate surface area is 157 Å². The number of piperidine rings is 1. The minimum atomic E-state index is -0.311. The van der Waals surface area contributed by atoms with Crippen LogP contribution in [-0.4, -0.2) is 42.5 Å². The van der Waals surface area contributed by atoms with Crippen molar-refractivity contribution in [2.24, 2.45) is 5.73 Å². The lowest BCUT2D eigenvalue weighted by Gasteiger charge is -2.35. The van der Waals surface area contributed by atoms with Crippen LogP contribution >= 0.6 is 28.3 Å². The predicted molar refractivity (Wildman–Crippen MR) is 101 cm³/mol. The van der Waals surface area contributed by atoms with Gasteiger partial charge in [0.2, 0.25) is 5.91 Å². The number of anilines is 1. The van der Waals surface area contributed by atoms with Crippen molar-refractivity contribution in [3.8, 4) is 0 Å². The Hall–Kier alpha value is -1.31. The van der Waals surface area contributed by atoms with E-state index in [1.165, 1.54) is 0 Å². The number of amides is 3. The summed E-state index contributed by atoms with van der Waals surface area (Å²) in [6.45, 7) is 1.59. The van der Waals surface area contributed by atoms with Gasteiger partial charge in [-0.3, -0.25) is 4.79 Å². The highest BCUT2D eigenvalue weighted by molar-refractivity contribution is 9.10. The van der Waals surface area contributed by atoms with Crippen LogP contribution in [0.25, 0.3) is 0 Å². The van der Waals surface area contributed by atoms with Crippen LogP contribution in [0.15, 0.2) is 28.7 Å². The second-order valence-corrected chi connectivity index (χ2v) is 6.53. The lowest BCUT2D eigenvalue weighted by Crippen LogP contribution is -2.48. The normalized spacial score (nSPS) is 16.9. The van der Waals surface area contributed by atoms with Crippen molar-refractivity contribution in [2.75, 3.05) is 25.0 Å². The van der Waals surface area contributed by atoms with E-state index in [0.29, 0.717) is 25.2 Å². The Morgan fingerprint density at radius 3 is 2.62 bits per heavy atom. The Kier molecular flexibility index (Phi) is 9.10. The first-order valence-electron chi connectivity index (χ1n) is 7.90. The summed E-state index contributed by atoms with van der Waals surface area (Å²) in [5.41, 5.74) is 6.43. The van der Waals surface area contributed by atoms with E-state index in [-0.39, 0.29) is 30.4 Å². The predicted octanol–water partition coefficient (Wildman–Crippen LogP) is 2.72. The Balaban J connectivity index is 0.00000288. The van der Waals surface area contributed by atoms with E-state index in [1.807, 2.05) is 17.0 Å². The first-order valence-corrected chi connectivity index (χ1v) is 8.69. The molecule has 1 saturated heterocycles. The average Bonchev–Trinajstić information content (AvgIpc) is 2.56. The van der Waals surface area contributed by atoms with Gasteiger partial charge in [-0.1, -0.05) is 15.9 Å². The number of carbonyl (C=O) groups excluding carboxylic acids is 2. The van der Waals surface area contributed by atoms with Crippen LogP contribution in [0, 0.1) is 0 Å². The van der Waals surface area contributed by atoms with Crippen molar-refractivity contribution in [1.82, 2.24) is 10.2 Å². The van der Waals surface area contributed by atoms with Crippen LogP contribution in [0.1, 0.15) is 25.7 Å². The number of halogens is 2. The minimum Gasteiger partial charge on any atom is -0.338 e. The van der Waals surface area contributed by atoms with Gasteiger partial charge in [0.05, 0.1) is 0 Å². The zero-order chi connectivity index (χ0) is 16.7. The second-order valence-electron chi connectivity index (χ2n) is 5.61. The number of nitrogens with two attached hydrogens (primary N) is 1. The Morgan fingerprint density at radius 2 is 1.96 bits per heavy atom. The standard InChI is InChI=1S/C16H23BrN4O2.ClH/c17-12-4-6-13(7-5-12)20-16(23)19-9-8-15(22)21-10-2-1-3-14(21)11-18;/h4-7,14H,1-3,8-11,18H2,(H2,19,20,23);1H. The summed E-state index contributed by atoms with van der Waals surface area (Å²) in [4.78, 5) is 25.9. The van der Waals surface area contributed by atoms with Crippen LogP contribution in [0.3, 0.4) is 0 Å². The van der Waals surface area contributed by atoms with Gasteiger partial charge in [0.1, 0.15) is 0 Å². The molecule has 1 fully saturated rings. The van der Waals surface area contributed by atoms with Gasteiger partial charge < -0.3 is 21.3 Å². The summed E-state index contributed by atoms with van der Waals surface area (Å²) in [5, 5.41) is 5.43. The fourth-order valence-electron chi connectivity index (χ4n) is 2.71. The summed E-state index contributed by atoms with van der Waals surface area (Å²) in [6, 6.07) is 7.13. The minimum absolute atomic E-state index is 0. The number of nitrogens with zero attached hydrogens (tertiary/aromatic N) is 1. The molecule has 2 rings (SSSR count). The first kappa shape index (κ1) is 20.7. The Morgan fingerprint density at radius 1 is 1.25 bits per heavy atom. The van der Waals surface area contributed by atoms with Gasteiger partial charge in [0, 0.05) is 42.3 Å². The van der Waals surface area contributed by atoms with Gasteiger partial charge in [-0.25, -0.2) is 4.79 Å². The van der Waals surface area contributed by atoms with Crippen molar-refractivity contribution < 1.29 is 9.59 Å². The Bertz CT molecular complexity index is 541. The summed E-state index contributed by atoms with van der Waals surface area (Å²) in [6.07, 6.45) is 3.42. The third-order valence-corrected chi connectivity index (χ3v) is 4.47. The average molecular weight is 420 g/mol. The van der Waals surface area contributed by atoms with Crippen molar-refractivity contribution in [2.45, 2.75) is 31.7 Å². The highest BCUT2D eigenvalue weighted by Gasteiger charge is 2.24. The molecule has 0 radical (unpaired) electrons. The number of urea groups is 1. The molecule has 0 saturated carbocycles. The monoisotopic (exact) mass is 418 g/mol.